The number of hydrogen-bond acceptors (Lipinski definition) is 6. The van der Waals surface area contributed by atoms with Gasteiger partial charge in [0.05, 0.1) is 0 Å². The minimum absolute atomic E-state index is 0.0405. The van der Waals surface area contributed by atoms with Crippen LogP contribution in [-0.2, 0) is 45.2 Å². The van der Waals surface area contributed by atoms with Crippen LogP contribution < -0.4 is 0 Å². The minimum atomic E-state index is -0.608. The molecule has 6 aromatic rings. The van der Waals surface area contributed by atoms with Crippen LogP contribution in [0.4, 0.5) is 9.59 Å². The van der Waals surface area contributed by atoms with Crippen LogP contribution in [0.25, 0.3) is 43.1 Å². The molecule has 320 valence electrons. The molecule has 0 fully saturated rings. The molecule has 10 nitrogen and oxygen atoms in total. The van der Waals surface area contributed by atoms with Crippen LogP contribution in [0, 0.1) is 0 Å². The zero-order valence-electron chi connectivity index (χ0n) is 37.4. The lowest BCUT2D eigenvalue weighted by atomic mass is 9.91. The first-order valence-corrected chi connectivity index (χ1v) is 21.0. The van der Waals surface area contributed by atoms with E-state index in [1.165, 1.54) is 0 Å². The van der Waals surface area contributed by atoms with Crippen LogP contribution in [0.1, 0.15) is 83.1 Å². The number of ether oxygens (including phenoxy) is 2. The largest absolute Gasteiger partial charge is 0.444 e. The summed E-state index contributed by atoms with van der Waals surface area (Å²) in [6.07, 6.45) is 0.100. The van der Waals surface area contributed by atoms with Crippen LogP contribution in [0.5, 0.6) is 0 Å². The predicted molar refractivity (Wildman–Crippen MR) is 245 cm³/mol. The summed E-state index contributed by atoms with van der Waals surface area (Å²) in [5.41, 5.74) is 2.88. The smallest absolute Gasteiger partial charge is 0.410 e. The Morgan fingerprint density at radius 3 is 0.820 bits per heavy atom. The molecule has 0 N–H and O–H groups in total. The van der Waals surface area contributed by atoms with Crippen molar-refractivity contribution >= 4 is 67.1 Å². The third-order valence-electron chi connectivity index (χ3n) is 10.9. The molecular weight excluding hydrogens is 765 g/mol. The fraction of sp³-hybridized carbons (Fsp3) is 0.373. The van der Waals surface area contributed by atoms with Gasteiger partial charge in [-0.25, -0.2) is 9.59 Å². The van der Waals surface area contributed by atoms with Gasteiger partial charge in [0, 0.05) is 67.2 Å². The van der Waals surface area contributed by atoms with E-state index in [2.05, 4.69) is 48.5 Å². The van der Waals surface area contributed by atoms with Gasteiger partial charge in [-0.15, -0.1) is 0 Å². The number of carbonyl (C=O) groups excluding carboxylic acids is 4. The van der Waals surface area contributed by atoms with Crippen LogP contribution >= 0.6 is 0 Å². The van der Waals surface area contributed by atoms with Gasteiger partial charge in [0.1, 0.15) is 11.2 Å². The molecule has 0 aliphatic heterocycles. The Hall–Kier alpha value is -6.16. The summed E-state index contributed by atoms with van der Waals surface area (Å²) in [4.78, 5) is 60.0. The number of hydrogen-bond donors (Lipinski definition) is 0. The maximum Gasteiger partial charge on any atom is 0.410 e. The van der Waals surface area contributed by atoms with Gasteiger partial charge in [0.2, 0.25) is 11.8 Å². The second-order valence-electron chi connectivity index (χ2n) is 18.1. The number of carbonyl (C=O) groups is 4. The van der Waals surface area contributed by atoms with Gasteiger partial charge in [-0.1, -0.05) is 97.1 Å². The van der Waals surface area contributed by atoms with E-state index in [0.29, 0.717) is 32.6 Å². The van der Waals surface area contributed by atoms with Crippen molar-refractivity contribution in [1.82, 2.24) is 19.6 Å². The van der Waals surface area contributed by atoms with Gasteiger partial charge >= 0.3 is 12.2 Å². The number of benzene rings is 6. The van der Waals surface area contributed by atoms with Crippen LogP contribution in [0.2, 0.25) is 0 Å². The lowest BCUT2D eigenvalue weighted by Crippen LogP contribution is -2.34. The van der Waals surface area contributed by atoms with Gasteiger partial charge in [-0.05, 0) is 113 Å². The Bertz CT molecular complexity index is 2310. The highest BCUT2D eigenvalue weighted by Crippen LogP contribution is 2.36. The van der Waals surface area contributed by atoms with Crippen molar-refractivity contribution in [1.29, 1.82) is 0 Å². The maximum atomic E-state index is 13.7. The molecule has 0 saturated heterocycles. The average Bonchev–Trinajstić information content (AvgIpc) is 3.21. The highest BCUT2D eigenvalue weighted by Gasteiger charge is 2.25. The van der Waals surface area contributed by atoms with Crippen molar-refractivity contribution in [3.05, 3.63) is 119 Å². The molecule has 6 rings (SSSR count). The lowest BCUT2D eigenvalue weighted by molar-refractivity contribution is -0.132. The lowest BCUT2D eigenvalue weighted by Gasteiger charge is -2.27. The summed E-state index contributed by atoms with van der Waals surface area (Å²) >= 11 is 0. The van der Waals surface area contributed by atoms with Crippen molar-refractivity contribution in [2.45, 2.75) is 98.2 Å². The molecule has 0 aliphatic rings. The minimum Gasteiger partial charge on any atom is -0.444 e. The summed E-state index contributed by atoms with van der Waals surface area (Å²) < 4.78 is 11.3. The van der Waals surface area contributed by atoms with E-state index >= 15 is 0 Å². The summed E-state index contributed by atoms with van der Waals surface area (Å²) in [6, 6.07) is 32.5. The highest BCUT2D eigenvalue weighted by atomic mass is 16.6. The summed E-state index contributed by atoms with van der Waals surface area (Å²) in [6.45, 7) is 12.6. The van der Waals surface area contributed by atoms with Gasteiger partial charge < -0.3 is 29.1 Å². The quantitative estimate of drug-likeness (QED) is 0.114. The zero-order chi connectivity index (χ0) is 44.2. The fourth-order valence-electron chi connectivity index (χ4n) is 8.01. The number of rotatable bonds is 12. The standard InChI is InChI=1S/C51H60N4O6/c1-50(2,3)60-48(58)54(9)32-44-38-24-15-11-20-34(38)42(35-21-12-16-25-39(35)44)30-52(7)46(56)28-19-29-47(57)53(8)31-43-36-22-13-17-26-40(36)45(41-27-18-14-23-37(41)43)33-55(10)49(59)61-51(4,5)6/h11-18,20-27H,19,28-33H2,1-10H3. The molecule has 0 aromatic heterocycles. The fourth-order valence-corrected chi connectivity index (χ4v) is 8.01. The van der Waals surface area contributed by atoms with Crippen molar-refractivity contribution in [2.75, 3.05) is 28.2 Å². The highest BCUT2D eigenvalue weighted by molar-refractivity contribution is 6.07. The van der Waals surface area contributed by atoms with Gasteiger partial charge in [0.15, 0.2) is 0 Å². The molecule has 0 saturated carbocycles. The summed E-state index contributed by atoms with van der Waals surface area (Å²) in [5.74, 6) is -0.0810. The summed E-state index contributed by atoms with van der Waals surface area (Å²) in [7, 11) is 7.13. The Balaban J connectivity index is 1.15. The molecule has 0 aliphatic carbocycles. The number of nitrogens with zero attached hydrogens (tertiary/aromatic N) is 4. The Morgan fingerprint density at radius 2 is 0.607 bits per heavy atom. The van der Waals surface area contributed by atoms with E-state index in [9.17, 15) is 19.2 Å². The Morgan fingerprint density at radius 1 is 0.393 bits per heavy atom. The topological polar surface area (TPSA) is 99.7 Å². The molecule has 4 amide bonds. The van der Waals surface area contributed by atoms with E-state index in [1.54, 1.807) is 33.7 Å². The van der Waals surface area contributed by atoms with Crippen molar-refractivity contribution in [3.8, 4) is 0 Å². The van der Waals surface area contributed by atoms with E-state index in [0.717, 1.165) is 65.3 Å². The van der Waals surface area contributed by atoms with Crippen molar-refractivity contribution < 1.29 is 28.7 Å². The number of fused-ring (bicyclic) bond motifs is 4. The van der Waals surface area contributed by atoms with E-state index in [1.807, 2.05) is 104 Å². The van der Waals surface area contributed by atoms with Gasteiger partial charge in [-0.2, -0.15) is 0 Å². The third kappa shape index (κ3) is 10.4. The van der Waals surface area contributed by atoms with Gasteiger partial charge in [-0.3, -0.25) is 9.59 Å². The van der Waals surface area contributed by atoms with Crippen LogP contribution in [0.3, 0.4) is 0 Å². The molecule has 0 spiro atoms. The van der Waals surface area contributed by atoms with E-state index in [-0.39, 0.29) is 24.7 Å². The summed E-state index contributed by atoms with van der Waals surface area (Å²) in [5, 5.41) is 8.16. The van der Waals surface area contributed by atoms with E-state index in [4.69, 9.17) is 9.47 Å². The number of amides is 4. The molecule has 61 heavy (non-hydrogen) atoms. The first kappa shape index (κ1) is 44.4. The molecule has 0 heterocycles. The predicted octanol–water partition coefficient (Wildman–Crippen LogP) is 10.8. The molecule has 0 radical (unpaired) electrons. The van der Waals surface area contributed by atoms with E-state index < -0.39 is 23.4 Å². The van der Waals surface area contributed by atoms with Gasteiger partial charge in [0.25, 0.3) is 0 Å². The Kier molecular flexibility index (Phi) is 13.3. The second kappa shape index (κ2) is 18.2. The molecule has 0 bridgehead atoms. The molecule has 6 aromatic carbocycles. The van der Waals surface area contributed by atoms with Crippen LogP contribution in [-0.4, -0.2) is 83.0 Å². The average molecular weight is 825 g/mol. The third-order valence-corrected chi connectivity index (χ3v) is 10.9. The SMILES string of the molecule is CN(Cc1c2ccccc2c(CN(C)C(=O)OC(C)(C)C)c2ccccc12)C(=O)CCCC(=O)N(C)Cc1c2ccccc2c(CN(C)C(=O)OC(C)(C)C)c2ccccc12. The molecule has 0 atom stereocenters. The van der Waals surface area contributed by atoms with Crippen molar-refractivity contribution in [2.24, 2.45) is 0 Å². The van der Waals surface area contributed by atoms with Crippen LogP contribution in [0.15, 0.2) is 97.1 Å². The molecule has 0 unspecified atom stereocenters. The second-order valence-corrected chi connectivity index (χ2v) is 18.1. The zero-order valence-corrected chi connectivity index (χ0v) is 37.4. The first-order chi connectivity index (χ1) is 28.8. The van der Waals surface area contributed by atoms with Crippen molar-refractivity contribution in [3.63, 3.8) is 0 Å². The maximum absolute atomic E-state index is 13.7. The normalized spacial score (nSPS) is 11.8. The molecular formula is C51H60N4O6. The Labute approximate surface area is 360 Å². The monoisotopic (exact) mass is 824 g/mol. The molecule has 10 heteroatoms. The first-order valence-electron chi connectivity index (χ1n) is 21.0.